The zero-order chi connectivity index (χ0) is 19.6. The third-order valence-corrected chi connectivity index (χ3v) is 7.08. The van der Waals surface area contributed by atoms with Crippen LogP contribution in [0, 0.1) is 5.82 Å². The van der Waals surface area contributed by atoms with E-state index in [0.29, 0.717) is 21.9 Å². The summed E-state index contributed by atoms with van der Waals surface area (Å²) in [5, 5.41) is 15.7. The van der Waals surface area contributed by atoms with Crippen molar-refractivity contribution >= 4 is 17.3 Å². The van der Waals surface area contributed by atoms with Crippen LogP contribution in [0.1, 0.15) is 45.6 Å². The maximum Gasteiger partial charge on any atom is 0.126 e. The van der Waals surface area contributed by atoms with Gasteiger partial charge >= 0.3 is 0 Å². The van der Waals surface area contributed by atoms with Crippen molar-refractivity contribution in [3.8, 4) is 16.9 Å². The van der Waals surface area contributed by atoms with Crippen molar-refractivity contribution in [2.75, 3.05) is 12.4 Å². The Morgan fingerprint density at radius 1 is 1.11 bits per heavy atom. The summed E-state index contributed by atoms with van der Waals surface area (Å²) in [5.41, 5.74) is 1.52. The van der Waals surface area contributed by atoms with Crippen molar-refractivity contribution in [3.05, 3.63) is 46.7 Å². The van der Waals surface area contributed by atoms with E-state index in [1.54, 1.807) is 13.2 Å². The zero-order valence-electron chi connectivity index (χ0n) is 16.1. The van der Waals surface area contributed by atoms with Gasteiger partial charge in [-0.25, -0.2) is 4.39 Å². The molecule has 0 amide bonds. The van der Waals surface area contributed by atoms with Gasteiger partial charge in [0.2, 0.25) is 0 Å². The second-order valence-corrected chi connectivity index (χ2v) is 8.93. The number of nitrogens with one attached hydrogen (secondary N) is 1. The van der Waals surface area contributed by atoms with E-state index < -0.39 is 16.6 Å². The normalized spacial score (nSPS) is 28.3. The monoisotopic (exact) mass is 389 g/mol. The average Bonchev–Trinajstić information content (AvgIpc) is 2.92. The Hall–Kier alpha value is -1.78. The molecule has 1 saturated carbocycles. The highest BCUT2D eigenvalue weighted by Gasteiger charge is 2.62. The molecule has 4 rings (SSSR count). The van der Waals surface area contributed by atoms with Crippen LogP contribution in [0.25, 0.3) is 11.1 Å². The first-order valence-corrected chi connectivity index (χ1v) is 9.69. The van der Waals surface area contributed by atoms with E-state index in [1.165, 1.54) is 12.1 Å². The fourth-order valence-electron chi connectivity index (χ4n) is 5.21. The van der Waals surface area contributed by atoms with Gasteiger partial charge in [-0.3, -0.25) is 0 Å². The molecule has 0 saturated heterocycles. The van der Waals surface area contributed by atoms with Crippen LogP contribution in [-0.2, 0) is 5.41 Å². The van der Waals surface area contributed by atoms with Gasteiger partial charge in [0.15, 0.2) is 0 Å². The highest BCUT2D eigenvalue weighted by atomic mass is 35.5. The Labute approximate surface area is 164 Å². The Morgan fingerprint density at radius 3 is 2.56 bits per heavy atom. The maximum atomic E-state index is 13.9. The lowest BCUT2D eigenvalue weighted by Gasteiger charge is -2.55. The summed E-state index contributed by atoms with van der Waals surface area (Å²) in [6.07, 6.45) is 2.59. The lowest BCUT2D eigenvalue weighted by molar-refractivity contribution is -0.0628. The van der Waals surface area contributed by atoms with Gasteiger partial charge in [0.1, 0.15) is 11.6 Å². The van der Waals surface area contributed by atoms with E-state index in [1.807, 2.05) is 26.0 Å². The Kier molecular flexibility index (Phi) is 4.03. The average molecular weight is 390 g/mol. The van der Waals surface area contributed by atoms with Crippen molar-refractivity contribution in [2.24, 2.45) is 0 Å². The Morgan fingerprint density at radius 2 is 1.85 bits per heavy atom. The molecule has 0 bridgehead atoms. The zero-order valence-corrected chi connectivity index (χ0v) is 16.9. The van der Waals surface area contributed by atoms with Crippen molar-refractivity contribution < 1.29 is 14.2 Å². The summed E-state index contributed by atoms with van der Waals surface area (Å²) in [5.74, 6) is 0.219. The number of benzene rings is 2. The molecule has 2 aromatic carbocycles. The molecule has 2 N–H and O–H groups in total. The molecule has 2 aromatic rings. The fourth-order valence-corrected chi connectivity index (χ4v) is 5.48. The third kappa shape index (κ3) is 2.43. The summed E-state index contributed by atoms with van der Waals surface area (Å²) in [6, 6.07) is 8.30. The first kappa shape index (κ1) is 18.6. The standard InChI is InChI=1S/C22H25ClFNO2/c1-20(2)22(26)9-5-8-21(22,3)16-11-14(17(23)12-18(16)25-20)15-10-13(24)6-7-19(15)27-4/h6-7,10-12,25-26H,5,8-9H2,1-4H3. The van der Waals surface area contributed by atoms with E-state index in [2.05, 4.69) is 12.2 Å². The van der Waals surface area contributed by atoms with Crippen LogP contribution >= 0.6 is 11.6 Å². The first-order chi connectivity index (χ1) is 12.6. The van der Waals surface area contributed by atoms with Crippen LogP contribution in [0.2, 0.25) is 5.02 Å². The van der Waals surface area contributed by atoms with Crippen LogP contribution in [-0.4, -0.2) is 23.4 Å². The number of fused-ring (bicyclic) bond motifs is 3. The summed E-state index contributed by atoms with van der Waals surface area (Å²) < 4.78 is 19.4. The number of aliphatic hydroxyl groups is 1. The van der Waals surface area contributed by atoms with Gasteiger partial charge in [0.05, 0.1) is 23.3 Å². The Bertz CT molecular complexity index is 929. The molecule has 1 aliphatic carbocycles. The molecule has 2 atom stereocenters. The van der Waals surface area contributed by atoms with Crippen LogP contribution < -0.4 is 10.1 Å². The highest BCUT2D eigenvalue weighted by Crippen LogP contribution is 2.59. The van der Waals surface area contributed by atoms with Gasteiger partial charge in [-0.05, 0) is 69.0 Å². The lowest BCUT2D eigenvalue weighted by Crippen LogP contribution is -2.65. The molecule has 3 nitrogen and oxygen atoms in total. The molecule has 2 unspecified atom stereocenters. The van der Waals surface area contributed by atoms with Crippen LogP contribution in [0.5, 0.6) is 5.75 Å². The van der Waals surface area contributed by atoms with Gasteiger partial charge < -0.3 is 15.2 Å². The molecule has 1 heterocycles. The lowest BCUT2D eigenvalue weighted by atomic mass is 9.60. The Balaban J connectivity index is 1.97. The SMILES string of the molecule is COc1ccc(F)cc1-c1cc2c(cc1Cl)NC(C)(C)C1(O)CCCC21C. The molecular formula is C22H25ClFNO2. The van der Waals surface area contributed by atoms with Crippen molar-refractivity contribution in [1.29, 1.82) is 0 Å². The molecule has 144 valence electrons. The van der Waals surface area contributed by atoms with Crippen LogP contribution in [0.3, 0.4) is 0 Å². The van der Waals surface area contributed by atoms with Gasteiger partial charge in [0, 0.05) is 22.2 Å². The number of rotatable bonds is 2. The minimum absolute atomic E-state index is 0.345. The topological polar surface area (TPSA) is 41.5 Å². The smallest absolute Gasteiger partial charge is 0.126 e. The molecule has 5 heteroatoms. The molecule has 0 spiro atoms. The van der Waals surface area contributed by atoms with E-state index in [4.69, 9.17) is 16.3 Å². The fraction of sp³-hybridized carbons (Fsp3) is 0.455. The van der Waals surface area contributed by atoms with E-state index in [-0.39, 0.29) is 5.82 Å². The predicted molar refractivity (Wildman–Crippen MR) is 107 cm³/mol. The number of halogens is 2. The van der Waals surface area contributed by atoms with Crippen LogP contribution in [0.4, 0.5) is 10.1 Å². The van der Waals surface area contributed by atoms with E-state index >= 15 is 0 Å². The first-order valence-electron chi connectivity index (χ1n) is 9.31. The minimum atomic E-state index is -0.871. The number of methoxy groups -OCH3 is 1. The third-order valence-electron chi connectivity index (χ3n) is 6.76. The predicted octanol–water partition coefficient (Wildman–Crippen LogP) is 5.53. The quantitative estimate of drug-likeness (QED) is 0.709. The summed E-state index contributed by atoms with van der Waals surface area (Å²) in [7, 11) is 1.56. The number of anilines is 1. The van der Waals surface area contributed by atoms with E-state index in [0.717, 1.165) is 30.5 Å². The molecule has 0 aromatic heterocycles. The molecule has 27 heavy (non-hydrogen) atoms. The molecule has 1 fully saturated rings. The summed E-state index contributed by atoms with van der Waals surface area (Å²) >= 11 is 6.61. The molecular weight excluding hydrogens is 365 g/mol. The summed E-state index contributed by atoms with van der Waals surface area (Å²) in [6.45, 7) is 6.20. The number of hydrogen-bond acceptors (Lipinski definition) is 3. The van der Waals surface area contributed by atoms with Crippen molar-refractivity contribution in [2.45, 2.75) is 56.6 Å². The second kappa shape index (κ2) is 5.86. The van der Waals surface area contributed by atoms with Gasteiger partial charge in [-0.1, -0.05) is 18.5 Å². The molecule has 2 aliphatic rings. The minimum Gasteiger partial charge on any atom is -0.496 e. The summed E-state index contributed by atoms with van der Waals surface area (Å²) in [4.78, 5) is 0. The van der Waals surface area contributed by atoms with Crippen molar-refractivity contribution in [3.63, 3.8) is 0 Å². The van der Waals surface area contributed by atoms with E-state index in [9.17, 15) is 9.50 Å². The number of hydrogen-bond donors (Lipinski definition) is 2. The maximum absolute atomic E-state index is 13.9. The van der Waals surface area contributed by atoms with Gasteiger partial charge in [0.25, 0.3) is 0 Å². The molecule has 1 aliphatic heterocycles. The second-order valence-electron chi connectivity index (χ2n) is 8.52. The largest absolute Gasteiger partial charge is 0.496 e. The van der Waals surface area contributed by atoms with Crippen molar-refractivity contribution in [1.82, 2.24) is 0 Å². The van der Waals surface area contributed by atoms with Gasteiger partial charge in [-0.2, -0.15) is 0 Å². The molecule has 0 radical (unpaired) electrons. The van der Waals surface area contributed by atoms with Gasteiger partial charge in [-0.15, -0.1) is 0 Å². The van der Waals surface area contributed by atoms with Crippen LogP contribution in [0.15, 0.2) is 30.3 Å². The number of ether oxygens (including phenoxy) is 1. The highest BCUT2D eigenvalue weighted by molar-refractivity contribution is 6.33.